The second-order valence-corrected chi connectivity index (χ2v) is 6.94. The van der Waals surface area contributed by atoms with E-state index >= 15 is 0 Å². The molecule has 0 spiro atoms. The van der Waals surface area contributed by atoms with Crippen molar-refractivity contribution in [2.75, 3.05) is 40.8 Å². The molecular weight excluding hydrogens is 294 g/mol. The number of aryl methyl sites for hydroxylation is 2. The van der Waals surface area contributed by atoms with Crippen molar-refractivity contribution in [3.63, 3.8) is 0 Å². The first-order chi connectivity index (χ1) is 10.9. The molecule has 0 bridgehead atoms. The number of fused-ring (bicyclic) bond motifs is 1. The van der Waals surface area contributed by atoms with Gasteiger partial charge in [-0.15, -0.1) is 0 Å². The van der Waals surface area contributed by atoms with Crippen LogP contribution in [0.25, 0.3) is 0 Å². The van der Waals surface area contributed by atoms with Gasteiger partial charge >= 0.3 is 0 Å². The minimum atomic E-state index is -0.837. The highest BCUT2D eigenvalue weighted by molar-refractivity contribution is 5.97. The Morgan fingerprint density at radius 1 is 1.48 bits per heavy atom. The molecular formula is C17H25N3O3. The summed E-state index contributed by atoms with van der Waals surface area (Å²) in [6, 6.07) is 1.93. The molecule has 0 radical (unpaired) electrons. The maximum atomic E-state index is 12.9. The summed E-state index contributed by atoms with van der Waals surface area (Å²) >= 11 is 0. The number of amides is 1. The van der Waals surface area contributed by atoms with E-state index in [2.05, 4.69) is 4.98 Å². The van der Waals surface area contributed by atoms with Gasteiger partial charge < -0.3 is 19.6 Å². The number of likely N-dealkylation sites (N-methyl/N-ethyl adjacent to an activating group) is 1. The van der Waals surface area contributed by atoms with E-state index in [0.717, 1.165) is 30.5 Å². The van der Waals surface area contributed by atoms with Gasteiger partial charge in [-0.2, -0.15) is 0 Å². The topological polar surface area (TPSA) is 65.9 Å². The van der Waals surface area contributed by atoms with Gasteiger partial charge in [0, 0.05) is 18.8 Å². The largest absolute Gasteiger partial charge is 0.480 e. The van der Waals surface area contributed by atoms with Gasteiger partial charge in [0.2, 0.25) is 5.88 Å². The fourth-order valence-corrected chi connectivity index (χ4v) is 3.68. The maximum absolute atomic E-state index is 12.9. The van der Waals surface area contributed by atoms with E-state index in [1.165, 1.54) is 0 Å². The van der Waals surface area contributed by atoms with Crippen molar-refractivity contribution in [1.29, 1.82) is 0 Å². The first kappa shape index (κ1) is 16.2. The molecule has 1 aliphatic heterocycles. The van der Waals surface area contributed by atoms with E-state index in [1.807, 2.05) is 25.1 Å². The summed E-state index contributed by atoms with van der Waals surface area (Å²) in [5.74, 6) is 0.303. The monoisotopic (exact) mass is 319 g/mol. The summed E-state index contributed by atoms with van der Waals surface area (Å²) in [4.78, 5) is 21.1. The van der Waals surface area contributed by atoms with Gasteiger partial charge in [0.1, 0.15) is 5.56 Å². The van der Waals surface area contributed by atoms with E-state index in [-0.39, 0.29) is 5.91 Å². The number of hydrogen-bond acceptors (Lipinski definition) is 5. The molecule has 126 valence electrons. The van der Waals surface area contributed by atoms with E-state index < -0.39 is 5.60 Å². The first-order valence-corrected chi connectivity index (χ1v) is 8.15. The van der Waals surface area contributed by atoms with Crippen molar-refractivity contribution in [3.8, 4) is 5.88 Å². The lowest BCUT2D eigenvalue weighted by Gasteiger charge is -2.26. The predicted octanol–water partition coefficient (Wildman–Crippen LogP) is 0.717. The average molecular weight is 319 g/mol. The van der Waals surface area contributed by atoms with Crippen molar-refractivity contribution in [1.82, 2.24) is 14.8 Å². The molecule has 1 aromatic heterocycles. The number of carbonyl (C=O) groups is 1. The van der Waals surface area contributed by atoms with Gasteiger partial charge in [-0.3, -0.25) is 4.79 Å². The number of aromatic nitrogens is 1. The summed E-state index contributed by atoms with van der Waals surface area (Å²) in [5, 5.41) is 10.6. The summed E-state index contributed by atoms with van der Waals surface area (Å²) in [5.41, 5.74) is 1.87. The molecule has 23 heavy (non-hydrogen) atoms. The third-order valence-electron chi connectivity index (χ3n) is 4.67. The number of nitrogens with zero attached hydrogens (tertiary/aromatic N) is 3. The highest BCUT2D eigenvalue weighted by Crippen LogP contribution is 2.30. The van der Waals surface area contributed by atoms with Crippen LogP contribution in [0.2, 0.25) is 0 Å². The number of hydrogen-bond donors (Lipinski definition) is 1. The molecule has 0 unspecified atom stereocenters. The molecule has 0 aromatic carbocycles. The van der Waals surface area contributed by atoms with Crippen molar-refractivity contribution < 1.29 is 14.6 Å². The van der Waals surface area contributed by atoms with Crippen LogP contribution in [0.1, 0.15) is 34.5 Å². The number of carbonyl (C=O) groups excluding carboxylic acids is 1. The van der Waals surface area contributed by atoms with Crippen LogP contribution in [0.4, 0.5) is 0 Å². The predicted molar refractivity (Wildman–Crippen MR) is 86.8 cm³/mol. The number of aliphatic hydroxyl groups is 1. The Balaban J connectivity index is 1.81. The van der Waals surface area contributed by atoms with Gasteiger partial charge in [-0.05, 0) is 51.4 Å². The van der Waals surface area contributed by atoms with E-state index in [0.29, 0.717) is 37.5 Å². The van der Waals surface area contributed by atoms with Gasteiger partial charge in [0.05, 0.1) is 19.3 Å². The Morgan fingerprint density at radius 2 is 2.26 bits per heavy atom. The van der Waals surface area contributed by atoms with Crippen molar-refractivity contribution in [2.24, 2.45) is 0 Å². The maximum Gasteiger partial charge on any atom is 0.259 e. The first-order valence-electron chi connectivity index (χ1n) is 8.15. The molecule has 6 nitrogen and oxygen atoms in total. The molecule has 0 saturated carbocycles. The Morgan fingerprint density at radius 3 is 2.96 bits per heavy atom. The van der Waals surface area contributed by atoms with Crippen LogP contribution in [0, 0.1) is 0 Å². The number of pyridine rings is 1. The lowest BCUT2D eigenvalue weighted by molar-refractivity contribution is 0.0235. The fraction of sp³-hybridized carbons (Fsp3) is 0.647. The van der Waals surface area contributed by atoms with Crippen molar-refractivity contribution in [3.05, 3.63) is 22.9 Å². The van der Waals surface area contributed by atoms with Gasteiger partial charge in [0.25, 0.3) is 5.91 Å². The molecule has 1 fully saturated rings. The highest BCUT2D eigenvalue weighted by atomic mass is 16.5. The summed E-state index contributed by atoms with van der Waals surface area (Å²) in [7, 11) is 5.40. The number of ether oxygens (including phenoxy) is 1. The molecule has 1 amide bonds. The molecule has 1 N–H and O–H groups in total. The standard InChI is InChI=1S/C17H25N3O3/c1-19(2)10-17(22)7-8-20(11-17)16(21)13-9-12-5-4-6-14(12)18-15(13)23-3/h9,22H,4-8,10-11H2,1-3H3/t17-/m0/s1. The Labute approximate surface area is 137 Å². The van der Waals surface area contributed by atoms with E-state index in [1.54, 1.807) is 12.0 Å². The van der Waals surface area contributed by atoms with Crippen LogP contribution in [-0.2, 0) is 12.8 Å². The molecule has 1 saturated heterocycles. The number of rotatable bonds is 4. The minimum Gasteiger partial charge on any atom is -0.480 e. The Hall–Kier alpha value is -1.66. The summed E-state index contributed by atoms with van der Waals surface area (Å²) in [6.07, 6.45) is 3.59. The van der Waals surface area contributed by atoms with Crippen LogP contribution in [0.15, 0.2) is 6.07 Å². The highest BCUT2D eigenvalue weighted by Gasteiger charge is 2.39. The number of β-amino-alcohol motifs (C(OH)–C–C–N with tert-alkyl or cyclic N) is 1. The fourth-order valence-electron chi connectivity index (χ4n) is 3.68. The second-order valence-electron chi connectivity index (χ2n) is 6.94. The van der Waals surface area contributed by atoms with Gasteiger partial charge in [-0.1, -0.05) is 0 Å². The summed E-state index contributed by atoms with van der Waals surface area (Å²) < 4.78 is 5.34. The lowest BCUT2D eigenvalue weighted by atomic mass is 10.0. The number of methoxy groups -OCH3 is 1. The minimum absolute atomic E-state index is 0.0984. The zero-order valence-corrected chi connectivity index (χ0v) is 14.1. The van der Waals surface area contributed by atoms with E-state index in [9.17, 15) is 9.90 Å². The third-order valence-corrected chi connectivity index (χ3v) is 4.67. The van der Waals surface area contributed by atoms with Crippen LogP contribution >= 0.6 is 0 Å². The van der Waals surface area contributed by atoms with Gasteiger partial charge in [-0.25, -0.2) is 4.98 Å². The van der Waals surface area contributed by atoms with Crippen LogP contribution in [-0.4, -0.2) is 72.2 Å². The Kier molecular flexibility index (Phi) is 4.29. The van der Waals surface area contributed by atoms with Crippen LogP contribution < -0.4 is 4.74 Å². The normalized spacial score (nSPS) is 23.4. The van der Waals surface area contributed by atoms with Crippen molar-refractivity contribution in [2.45, 2.75) is 31.3 Å². The van der Waals surface area contributed by atoms with E-state index in [4.69, 9.17) is 4.74 Å². The molecule has 3 rings (SSSR count). The molecule has 1 aliphatic carbocycles. The van der Waals surface area contributed by atoms with Crippen LogP contribution in [0.5, 0.6) is 5.88 Å². The SMILES string of the molecule is COc1nc2c(cc1C(=O)N1CC[C@](O)(CN(C)C)C1)CCC2. The zero-order chi connectivity index (χ0) is 16.6. The number of likely N-dealkylation sites (tertiary alicyclic amines) is 1. The van der Waals surface area contributed by atoms with Crippen LogP contribution in [0.3, 0.4) is 0 Å². The quantitative estimate of drug-likeness (QED) is 0.886. The third kappa shape index (κ3) is 3.19. The van der Waals surface area contributed by atoms with Gasteiger partial charge in [0.15, 0.2) is 0 Å². The molecule has 2 heterocycles. The smallest absolute Gasteiger partial charge is 0.259 e. The zero-order valence-electron chi connectivity index (χ0n) is 14.1. The summed E-state index contributed by atoms with van der Waals surface area (Å²) in [6.45, 7) is 1.46. The molecule has 1 atom stereocenters. The molecule has 2 aliphatic rings. The lowest BCUT2D eigenvalue weighted by Crippen LogP contribution is -2.43. The second kappa shape index (κ2) is 6.09. The molecule has 1 aromatic rings. The average Bonchev–Trinajstić information content (AvgIpc) is 3.10. The Bertz CT molecular complexity index is 617. The van der Waals surface area contributed by atoms with Crippen molar-refractivity contribution >= 4 is 5.91 Å². The molecule has 6 heteroatoms.